The maximum Gasteiger partial charge on any atom is 0.122 e. The van der Waals surface area contributed by atoms with Gasteiger partial charge in [0.05, 0.1) is 7.11 Å². The highest BCUT2D eigenvalue weighted by molar-refractivity contribution is 7.10. The number of hydrogen-bond donors (Lipinski definition) is 1. The molecule has 0 radical (unpaired) electrons. The summed E-state index contributed by atoms with van der Waals surface area (Å²) in [6.45, 7) is 6.79. The van der Waals surface area contributed by atoms with Crippen molar-refractivity contribution in [1.29, 1.82) is 0 Å². The number of benzene rings is 1. The zero-order valence-corrected chi connectivity index (χ0v) is 14.1. The lowest BCUT2D eigenvalue weighted by atomic mass is 9.99. The van der Waals surface area contributed by atoms with Crippen LogP contribution in [0.5, 0.6) is 5.75 Å². The molecule has 0 spiro atoms. The maximum absolute atomic E-state index is 5.45. The van der Waals surface area contributed by atoms with Gasteiger partial charge in [-0.05, 0) is 42.3 Å². The molecule has 114 valence electrons. The molecule has 1 aromatic carbocycles. The molecule has 0 aliphatic rings. The van der Waals surface area contributed by atoms with Crippen LogP contribution in [0.1, 0.15) is 37.3 Å². The van der Waals surface area contributed by atoms with E-state index in [1.807, 2.05) is 23.5 Å². The molecule has 0 bridgehead atoms. The fourth-order valence-electron chi connectivity index (χ4n) is 2.64. The molecule has 0 aliphatic carbocycles. The summed E-state index contributed by atoms with van der Waals surface area (Å²) in [5.74, 6) is 1.55. The number of rotatable bonds is 7. The fourth-order valence-corrected chi connectivity index (χ4v) is 3.60. The Hall–Kier alpha value is -1.32. The molecule has 0 aliphatic heterocycles. The van der Waals surface area contributed by atoms with Crippen LogP contribution in [0.25, 0.3) is 0 Å². The van der Waals surface area contributed by atoms with Gasteiger partial charge in [-0.2, -0.15) is 0 Å². The molecule has 2 unspecified atom stereocenters. The first-order valence-corrected chi connectivity index (χ1v) is 8.41. The number of thiophene rings is 1. The molecular weight excluding hydrogens is 278 g/mol. The van der Waals surface area contributed by atoms with Gasteiger partial charge in [0.2, 0.25) is 0 Å². The topological polar surface area (TPSA) is 21.3 Å². The van der Waals surface area contributed by atoms with Gasteiger partial charge in [-0.15, -0.1) is 11.3 Å². The minimum atomic E-state index is 0.399. The normalized spacial score (nSPS) is 14.1. The first-order chi connectivity index (χ1) is 10.1. The zero-order chi connectivity index (χ0) is 15.2. The van der Waals surface area contributed by atoms with Gasteiger partial charge in [-0.25, -0.2) is 0 Å². The Morgan fingerprint density at radius 3 is 2.48 bits per heavy atom. The number of nitrogens with one attached hydrogen (secondary N) is 1. The van der Waals surface area contributed by atoms with Crippen LogP contribution in [0.3, 0.4) is 0 Å². The summed E-state index contributed by atoms with van der Waals surface area (Å²) >= 11 is 1.83. The lowest BCUT2D eigenvalue weighted by molar-refractivity contribution is 0.367. The van der Waals surface area contributed by atoms with E-state index in [-0.39, 0.29) is 0 Å². The van der Waals surface area contributed by atoms with E-state index in [9.17, 15) is 0 Å². The zero-order valence-electron chi connectivity index (χ0n) is 13.3. The third-order valence-corrected chi connectivity index (χ3v) is 4.65. The van der Waals surface area contributed by atoms with E-state index < -0.39 is 0 Å². The quantitative estimate of drug-likeness (QED) is 0.802. The van der Waals surface area contributed by atoms with Crippen LogP contribution in [0.2, 0.25) is 0 Å². The second-order valence-electron chi connectivity index (χ2n) is 5.82. The van der Waals surface area contributed by atoms with E-state index in [2.05, 4.69) is 55.7 Å². The van der Waals surface area contributed by atoms with Crippen LogP contribution in [0.4, 0.5) is 0 Å². The molecule has 2 atom stereocenters. The second kappa shape index (κ2) is 7.62. The lowest BCUT2D eigenvalue weighted by Gasteiger charge is -2.26. The van der Waals surface area contributed by atoms with Crippen molar-refractivity contribution in [2.45, 2.75) is 39.3 Å². The monoisotopic (exact) mass is 303 g/mol. The smallest absolute Gasteiger partial charge is 0.122 e. The minimum Gasteiger partial charge on any atom is -0.496 e. The number of methoxy groups -OCH3 is 1. The predicted octanol–water partition coefficient (Wildman–Crippen LogP) is 4.67. The van der Waals surface area contributed by atoms with E-state index in [0.717, 1.165) is 12.2 Å². The Morgan fingerprint density at radius 1 is 1.10 bits per heavy atom. The molecule has 0 saturated heterocycles. The number of para-hydroxylation sites is 1. The summed E-state index contributed by atoms with van der Waals surface area (Å²) in [5, 5.41) is 5.92. The van der Waals surface area contributed by atoms with Crippen molar-refractivity contribution in [3.05, 3.63) is 52.2 Å². The molecule has 2 rings (SSSR count). The van der Waals surface area contributed by atoms with Crippen molar-refractivity contribution < 1.29 is 4.74 Å². The Bertz CT molecular complexity index is 536. The molecule has 2 aromatic rings. The number of ether oxygens (including phenoxy) is 1. The van der Waals surface area contributed by atoms with Gasteiger partial charge < -0.3 is 10.1 Å². The first-order valence-electron chi connectivity index (χ1n) is 7.53. The Morgan fingerprint density at radius 2 is 1.86 bits per heavy atom. The van der Waals surface area contributed by atoms with E-state index in [4.69, 9.17) is 4.74 Å². The Balaban J connectivity index is 2.04. The molecule has 3 heteroatoms. The van der Waals surface area contributed by atoms with Crippen molar-refractivity contribution in [3.63, 3.8) is 0 Å². The maximum atomic E-state index is 5.45. The third kappa shape index (κ3) is 4.32. The van der Waals surface area contributed by atoms with Gasteiger partial charge in [0.25, 0.3) is 0 Å². The second-order valence-corrected chi connectivity index (χ2v) is 6.80. The fraction of sp³-hybridized carbons (Fsp3) is 0.444. The lowest BCUT2D eigenvalue weighted by Crippen LogP contribution is -2.34. The highest BCUT2D eigenvalue weighted by Crippen LogP contribution is 2.27. The van der Waals surface area contributed by atoms with Crippen LogP contribution in [-0.4, -0.2) is 13.2 Å². The molecular formula is C18H25NOS. The predicted molar refractivity (Wildman–Crippen MR) is 91.2 cm³/mol. The van der Waals surface area contributed by atoms with E-state index >= 15 is 0 Å². The van der Waals surface area contributed by atoms with Gasteiger partial charge >= 0.3 is 0 Å². The van der Waals surface area contributed by atoms with Crippen LogP contribution >= 0.6 is 11.3 Å². The Labute approximate surface area is 132 Å². The average Bonchev–Trinajstić information content (AvgIpc) is 2.99. The molecule has 1 aromatic heterocycles. The van der Waals surface area contributed by atoms with Gasteiger partial charge in [0.1, 0.15) is 5.75 Å². The largest absolute Gasteiger partial charge is 0.496 e. The van der Waals surface area contributed by atoms with Gasteiger partial charge in [-0.3, -0.25) is 0 Å². The first kappa shape index (κ1) is 16.1. The Kier molecular flexibility index (Phi) is 5.83. The average molecular weight is 303 g/mol. The summed E-state index contributed by atoms with van der Waals surface area (Å²) in [6, 6.07) is 13.4. The van der Waals surface area contributed by atoms with Crippen LogP contribution in [0.15, 0.2) is 41.8 Å². The SMILES string of the molecule is COc1ccccc1CC(C)NC(c1cccs1)C(C)C. The molecule has 1 heterocycles. The summed E-state index contributed by atoms with van der Waals surface area (Å²) in [4.78, 5) is 1.41. The standard InChI is InChI=1S/C18H25NOS/c1-13(2)18(17-10-7-11-21-17)19-14(3)12-15-8-5-6-9-16(15)20-4/h5-11,13-14,18-19H,12H2,1-4H3. The van der Waals surface area contributed by atoms with Crippen LogP contribution in [0, 0.1) is 5.92 Å². The molecule has 21 heavy (non-hydrogen) atoms. The summed E-state index contributed by atoms with van der Waals surface area (Å²) in [6.07, 6.45) is 0.971. The molecule has 0 fully saturated rings. The van der Waals surface area contributed by atoms with Crippen molar-refractivity contribution in [2.24, 2.45) is 5.92 Å². The van der Waals surface area contributed by atoms with Crippen LogP contribution in [-0.2, 0) is 6.42 Å². The third-order valence-electron chi connectivity index (χ3n) is 3.70. The molecule has 1 N–H and O–H groups in total. The highest BCUT2D eigenvalue weighted by Gasteiger charge is 2.19. The molecule has 0 amide bonds. The van der Waals surface area contributed by atoms with Gasteiger partial charge in [-0.1, -0.05) is 38.1 Å². The van der Waals surface area contributed by atoms with Crippen molar-refractivity contribution >= 4 is 11.3 Å². The van der Waals surface area contributed by atoms with Gasteiger partial charge in [0.15, 0.2) is 0 Å². The summed E-state index contributed by atoms with van der Waals surface area (Å²) in [7, 11) is 1.74. The van der Waals surface area contributed by atoms with Gasteiger partial charge in [0, 0.05) is 17.0 Å². The van der Waals surface area contributed by atoms with Crippen molar-refractivity contribution in [3.8, 4) is 5.75 Å². The highest BCUT2D eigenvalue weighted by atomic mass is 32.1. The van der Waals surface area contributed by atoms with Crippen LogP contribution < -0.4 is 10.1 Å². The summed E-state index contributed by atoms with van der Waals surface area (Å²) < 4.78 is 5.45. The molecule has 2 nitrogen and oxygen atoms in total. The van der Waals surface area contributed by atoms with E-state index in [1.165, 1.54) is 10.4 Å². The van der Waals surface area contributed by atoms with Crippen molar-refractivity contribution in [1.82, 2.24) is 5.32 Å². The van der Waals surface area contributed by atoms with E-state index in [1.54, 1.807) is 7.11 Å². The van der Waals surface area contributed by atoms with Crippen molar-refractivity contribution in [2.75, 3.05) is 7.11 Å². The minimum absolute atomic E-state index is 0.399. The summed E-state index contributed by atoms with van der Waals surface area (Å²) in [5.41, 5.74) is 1.26. The molecule has 0 saturated carbocycles. The van der Waals surface area contributed by atoms with E-state index in [0.29, 0.717) is 18.0 Å². The number of hydrogen-bond acceptors (Lipinski definition) is 3.